The van der Waals surface area contributed by atoms with Crippen molar-refractivity contribution in [2.75, 3.05) is 31.7 Å². The Bertz CT molecular complexity index is 352. The predicted octanol–water partition coefficient (Wildman–Crippen LogP) is 1.46. The maximum Gasteiger partial charge on any atom is 0.225 e. The Labute approximate surface area is 115 Å². The zero-order chi connectivity index (χ0) is 13.5. The molecule has 1 unspecified atom stereocenters. The minimum absolute atomic E-state index is 0.518. The summed E-state index contributed by atoms with van der Waals surface area (Å²) in [7, 11) is 1.76. The number of hydrogen-bond donors (Lipinski definition) is 1. The van der Waals surface area contributed by atoms with E-state index in [1.807, 2.05) is 6.07 Å². The molecule has 2 heterocycles. The lowest BCUT2D eigenvalue weighted by atomic mass is 10.0. The maximum absolute atomic E-state index is 5.11. The van der Waals surface area contributed by atoms with Gasteiger partial charge in [0.15, 0.2) is 0 Å². The van der Waals surface area contributed by atoms with Crippen LogP contribution in [0.5, 0.6) is 0 Å². The van der Waals surface area contributed by atoms with E-state index in [1.54, 1.807) is 19.5 Å². The van der Waals surface area contributed by atoms with E-state index in [4.69, 9.17) is 4.74 Å². The molecule has 0 radical (unpaired) electrons. The van der Waals surface area contributed by atoms with Gasteiger partial charge in [0.25, 0.3) is 0 Å². The van der Waals surface area contributed by atoms with E-state index in [0.717, 1.165) is 44.9 Å². The molecule has 2 rings (SSSR count). The Balaban J connectivity index is 1.73. The highest BCUT2D eigenvalue weighted by Crippen LogP contribution is 2.15. The zero-order valence-corrected chi connectivity index (χ0v) is 11.9. The van der Waals surface area contributed by atoms with Crippen LogP contribution in [0.15, 0.2) is 18.5 Å². The minimum atomic E-state index is 0.518. The van der Waals surface area contributed by atoms with Gasteiger partial charge in [-0.25, -0.2) is 9.97 Å². The highest BCUT2D eigenvalue weighted by molar-refractivity contribution is 5.29. The van der Waals surface area contributed by atoms with Crippen molar-refractivity contribution in [2.24, 2.45) is 0 Å². The van der Waals surface area contributed by atoms with Gasteiger partial charge in [-0.2, -0.15) is 0 Å². The third-order valence-electron chi connectivity index (χ3n) is 3.61. The van der Waals surface area contributed by atoms with Gasteiger partial charge >= 0.3 is 0 Å². The Morgan fingerprint density at radius 3 is 2.68 bits per heavy atom. The Morgan fingerprint density at radius 2 is 2.05 bits per heavy atom. The highest BCUT2D eigenvalue weighted by Gasteiger charge is 2.21. The second kappa shape index (κ2) is 7.40. The number of aromatic nitrogens is 2. The maximum atomic E-state index is 5.11. The van der Waals surface area contributed by atoms with E-state index in [-0.39, 0.29) is 0 Å². The Hall–Kier alpha value is -1.20. The number of ether oxygens (including phenoxy) is 1. The summed E-state index contributed by atoms with van der Waals surface area (Å²) >= 11 is 0. The lowest BCUT2D eigenvalue weighted by Gasteiger charge is -2.33. The number of nitrogens with zero attached hydrogens (tertiary/aromatic N) is 3. The first-order valence-electron chi connectivity index (χ1n) is 7.06. The third kappa shape index (κ3) is 4.44. The molecule has 1 saturated heterocycles. The molecule has 106 valence electrons. The average molecular weight is 264 g/mol. The van der Waals surface area contributed by atoms with Gasteiger partial charge in [0.1, 0.15) is 0 Å². The molecule has 1 aliphatic rings. The predicted molar refractivity (Wildman–Crippen MR) is 76.4 cm³/mol. The largest absolute Gasteiger partial charge is 0.385 e. The van der Waals surface area contributed by atoms with Gasteiger partial charge in [0, 0.05) is 51.3 Å². The van der Waals surface area contributed by atoms with E-state index in [0.29, 0.717) is 12.1 Å². The van der Waals surface area contributed by atoms with E-state index in [9.17, 15) is 0 Å². The molecule has 1 aromatic rings. The smallest absolute Gasteiger partial charge is 0.225 e. The molecule has 0 aliphatic carbocycles. The molecular weight excluding hydrogens is 240 g/mol. The number of rotatable bonds is 6. The topological polar surface area (TPSA) is 50.3 Å². The zero-order valence-electron chi connectivity index (χ0n) is 11.9. The van der Waals surface area contributed by atoms with E-state index in [2.05, 4.69) is 27.1 Å². The summed E-state index contributed by atoms with van der Waals surface area (Å²) in [5, 5.41) is 3.68. The Kier molecular flexibility index (Phi) is 5.54. The molecule has 1 atom stereocenters. The monoisotopic (exact) mass is 264 g/mol. The second-order valence-corrected chi connectivity index (χ2v) is 5.16. The number of nitrogens with one attached hydrogen (secondary N) is 1. The highest BCUT2D eigenvalue weighted by atomic mass is 16.5. The lowest BCUT2D eigenvalue weighted by molar-refractivity contribution is 0.181. The van der Waals surface area contributed by atoms with Gasteiger partial charge in [-0.3, -0.25) is 0 Å². The van der Waals surface area contributed by atoms with Crippen molar-refractivity contribution < 1.29 is 4.74 Å². The normalized spacial score (nSPS) is 18.5. The fourth-order valence-corrected chi connectivity index (χ4v) is 2.48. The molecule has 1 N–H and O–H groups in total. The van der Waals surface area contributed by atoms with E-state index in [1.165, 1.54) is 0 Å². The summed E-state index contributed by atoms with van der Waals surface area (Å²) in [6.07, 6.45) is 6.97. The quantitative estimate of drug-likeness (QED) is 0.843. The van der Waals surface area contributed by atoms with Gasteiger partial charge in [0.05, 0.1) is 0 Å². The molecule has 0 bridgehead atoms. The van der Waals surface area contributed by atoms with Crippen LogP contribution in [0.1, 0.15) is 26.2 Å². The molecule has 19 heavy (non-hydrogen) atoms. The second-order valence-electron chi connectivity index (χ2n) is 5.16. The van der Waals surface area contributed by atoms with Crippen LogP contribution >= 0.6 is 0 Å². The first-order chi connectivity index (χ1) is 9.29. The minimum Gasteiger partial charge on any atom is -0.385 e. The number of methoxy groups -OCH3 is 1. The molecule has 0 spiro atoms. The summed E-state index contributed by atoms with van der Waals surface area (Å²) in [5.41, 5.74) is 0. The summed E-state index contributed by atoms with van der Waals surface area (Å²) in [4.78, 5) is 10.9. The first-order valence-corrected chi connectivity index (χ1v) is 7.06. The fourth-order valence-electron chi connectivity index (χ4n) is 2.48. The van der Waals surface area contributed by atoms with Crippen LogP contribution in [0.2, 0.25) is 0 Å². The molecular formula is C14H24N4O. The van der Waals surface area contributed by atoms with Crippen LogP contribution in [0, 0.1) is 0 Å². The van der Waals surface area contributed by atoms with Gasteiger partial charge in [-0.1, -0.05) is 0 Å². The van der Waals surface area contributed by atoms with Gasteiger partial charge < -0.3 is 15.0 Å². The van der Waals surface area contributed by atoms with Crippen LogP contribution in [0.25, 0.3) is 0 Å². The molecule has 1 aromatic heterocycles. The van der Waals surface area contributed by atoms with Crippen molar-refractivity contribution in [3.8, 4) is 0 Å². The van der Waals surface area contributed by atoms with Gasteiger partial charge in [0.2, 0.25) is 5.95 Å². The van der Waals surface area contributed by atoms with Crippen molar-refractivity contribution in [3.63, 3.8) is 0 Å². The molecule has 0 aromatic carbocycles. The number of piperidine rings is 1. The molecule has 0 amide bonds. The van der Waals surface area contributed by atoms with Crippen molar-refractivity contribution in [1.29, 1.82) is 0 Å². The Morgan fingerprint density at radius 1 is 1.37 bits per heavy atom. The van der Waals surface area contributed by atoms with Crippen molar-refractivity contribution in [1.82, 2.24) is 15.3 Å². The van der Waals surface area contributed by atoms with Crippen LogP contribution in [0.4, 0.5) is 5.95 Å². The fraction of sp³-hybridized carbons (Fsp3) is 0.714. The summed E-state index contributed by atoms with van der Waals surface area (Å²) in [5.74, 6) is 0.855. The number of anilines is 1. The van der Waals surface area contributed by atoms with Crippen LogP contribution in [-0.2, 0) is 4.74 Å². The van der Waals surface area contributed by atoms with Gasteiger partial charge in [-0.05, 0) is 32.3 Å². The molecule has 5 heteroatoms. The molecule has 1 aliphatic heterocycles. The standard InChI is InChI=1S/C14H24N4O/c1-12(6-11-19-2)17-13-4-9-18(10-5-13)14-15-7-3-8-16-14/h3,7-8,12-13,17H,4-6,9-11H2,1-2H3. The van der Waals surface area contributed by atoms with E-state index < -0.39 is 0 Å². The number of hydrogen-bond acceptors (Lipinski definition) is 5. The van der Waals surface area contributed by atoms with Gasteiger partial charge in [-0.15, -0.1) is 0 Å². The first kappa shape index (κ1) is 14.2. The molecule has 0 saturated carbocycles. The van der Waals surface area contributed by atoms with Crippen LogP contribution < -0.4 is 10.2 Å². The van der Waals surface area contributed by atoms with Crippen LogP contribution in [-0.4, -0.2) is 48.9 Å². The summed E-state index contributed by atoms with van der Waals surface area (Å²) in [6.45, 7) is 5.11. The summed E-state index contributed by atoms with van der Waals surface area (Å²) in [6, 6.07) is 2.98. The molecule has 1 fully saturated rings. The van der Waals surface area contributed by atoms with Crippen LogP contribution in [0.3, 0.4) is 0 Å². The third-order valence-corrected chi connectivity index (χ3v) is 3.61. The van der Waals surface area contributed by atoms with Crippen molar-refractivity contribution in [3.05, 3.63) is 18.5 Å². The lowest BCUT2D eigenvalue weighted by Crippen LogP contribution is -2.46. The van der Waals surface area contributed by atoms with Crippen molar-refractivity contribution in [2.45, 2.75) is 38.3 Å². The molecule has 5 nitrogen and oxygen atoms in total. The van der Waals surface area contributed by atoms with Crippen molar-refractivity contribution >= 4 is 5.95 Å². The average Bonchev–Trinajstić information content (AvgIpc) is 2.47. The van der Waals surface area contributed by atoms with E-state index >= 15 is 0 Å². The SMILES string of the molecule is COCCC(C)NC1CCN(c2ncccn2)CC1. The summed E-state index contributed by atoms with van der Waals surface area (Å²) < 4.78 is 5.11.